The van der Waals surface area contributed by atoms with E-state index in [-0.39, 0.29) is 11.3 Å². The zero-order valence-corrected chi connectivity index (χ0v) is 20.1. The van der Waals surface area contributed by atoms with Crippen molar-refractivity contribution in [3.63, 3.8) is 0 Å². The van der Waals surface area contributed by atoms with Gasteiger partial charge >= 0.3 is 5.91 Å². The summed E-state index contributed by atoms with van der Waals surface area (Å²) in [5.74, 6) is -0.729. The predicted octanol–water partition coefficient (Wildman–Crippen LogP) is 5.25. The number of amides is 1. The third-order valence-electron chi connectivity index (χ3n) is 5.98. The molecule has 35 heavy (non-hydrogen) atoms. The molecule has 1 aromatic heterocycles. The summed E-state index contributed by atoms with van der Waals surface area (Å²) in [6.07, 6.45) is 0. The molecule has 0 saturated carbocycles. The van der Waals surface area contributed by atoms with Crippen molar-refractivity contribution in [3.8, 4) is 11.5 Å². The van der Waals surface area contributed by atoms with Gasteiger partial charge in [0.15, 0.2) is 5.13 Å². The number of aliphatic hydroxyl groups is 1. The van der Waals surface area contributed by atoms with Crippen LogP contribution in [0.2, 0.25) is 0 Å². The van der Waals surface area contributed by atoms with Gasteiger partial charge in [-0.15, -0.1) is 0 Å². The van der Waals surface area contributed by atoms with Crippen molar-refractivity contribution in [3.05, 3.63) is 89.0 Å². The minimum absolute atomic E-state index is 0.0277. The molecule has 176 valence electrons. The van der Waals surface area contributed by atoms with Crippen LogP contribution in [-0.2, 0) is 9.59 Å². The van der Waals surface area contributed by atoms with Crippen molar-refractivity contribution in [1.29, 1.82) is 0 Å². The van der Waals surface area contributed by atoms with Gasteiger partial charge < -0.3 is 14.6 Å². The number of hydrogen-bond donors (Lipinski definition) is 1. The highest BCUT2D eigenvalue weighted by Gasteiger charge is 2.49. The number of benzene rings is 3. The van der Waals surface area contributed by atoms with E-state index in [2.05, 4.69) is 4.98 Å². The number of aryl methyl sites for hydroxylation is 1. The molecule has 0 spiro atoms. The molecule has 0 bridgehead atoms. The lowest BCUT2D eigenvalue weighted by Crippen LogP contribution is -2.29. The van der Waals surface area contributed by atoms with E-state index in [4.69, 9.17) is 9.47 Å². The first kappa shape index (κ1) is 22.6. The summed E-state index contributed by atoms with van der Waals surface area (Å²) in [7, 11) is 3.07. The average molecular weight is 487 g/mol. The van der Waals surface area contributed by atoms with Crippen LogP contribution < -0.4 is 14.4 Å². The van der Waals surface area contributed by atoms with E-state index in [1.807, 2.05) is 25.1 Å². The Bertz CT molecular complexity index is 1490. The minimum Gasteiger partial charge on any atom is -0.507 e. The Labute approximate surface area is 205 Å². The second-order valence-electron chi connectivity index (χ2n) is 8.11. The first-order valence-electron chi connectivity index (χ1n) is 10.9. The van der Waals surface area contributed by atoms with Crippen molar-refractivity contribution in [2.24, 2.45) is 0 Å². The van der Waals surface area contributed by atoms with Gasteiger partial charge in [0.05, 0.1) is 30.0 Å². The van der Waals surface area contributed by atoms with E-state index in [0.29, 0.717) is 27.8 Å². The van der Waals surface area contributed by atoms with Gasteiger partial charge in [-0.3, -0.25) is 14.5 Å². The lowest BCUT2D eigenvalue weighted by Gasteiger charge is -2.24. The molecule has 8 heteroatoms. The van der Waals surface area contributed by atoms with Crippen molar-refractivity contribution in [2.45, 2.75) is 13.0 Å². The van der Waals surface area contributed by atoms with Gasteiger partial charge in [0, 0.05) is 11.1 Å². The number of anilines is 1. The number of para-hydroxylation sites is 1. The van der Waals surface area contributed by atoms with Crippen molar-refractivity contribution in [1.82, 2.24) is 4.98 Å². The van der Waals surface area contributed by atoms with E-state index >= 15 is 0 Å². The summed E-state index contributed by atoms with van der Waals surface area (Å²) in [5.41, 5.74) is 2.73. The molecule has 7 nitrogen and oxygen atoms in total. The largest absolute Gasteiger partial charge is 0.507 e. The number of aromatic nitrogens is 1. The monoisotopic (exact) mass is 486 g/mol. The van der Waals surface area contributed by atoms with Crippen LogP contribution >= 0.6 is 11.3 Å². The van der Waals surface area contributed by atoms with Crippen LogP contribution in [0.15, 0.2) is 72.3 Å². The van der Waals surface area contributed by atoms with Gasteiger partial charge in [-0.2, -0.15) is 0 Å². The number of nitrogens with zero attached hydrogens (tertiary/aromatic N) is 2. The van der Waals surface area contributed by atoms with Crippen molar-refractivity contribution in [2.75, 3.05) is 19.1 Å². The minimum atomic E-state index is -0.921. The summed E-state index contributed by atoms with van der Waals surface area (Å²) < 4.78 is 11.7. The van der Waals surface area contributed by atoms with Crippen LogP contribution in [0.3, 0.4) is 0 Å². The van der Waals surface area contributed by atoms with E-state index in [0.717, 1.165) is 15.8 Å². The number of ketones is 1. The van der Waals surface area contributed by atoms with Crippen LogP contribution in [0.4, 0.5) is 5.13 Å². The summed E-state index contributed by atoms with van der Waals surface area (Å²) in [4.78, 5) is 32.8. The molecule has 1 aliphatic rings. The van der Waals surface area contributed by atoms with Gasteiger partial charge in [0.25, 0.3) is 5.78 Å². The molecule has 1 fully saturated rings. The van der Waals surface area contributed by atoms with E-state index in [1.165, 1.54) is 23.3 Å². The van der Waals surface area contributed by atoms with E-state index in [9.17, 15) is 14.7 Å². The molecule has 1 N–H and O–H groups in total. The maximum absolute atomic E-state index is 13.4. The quantitative estimate of drug-likeness (QED) is 0.236. The third kappa shape index (κ3) is 3.81. The molecule has 1 unspecified atom stereocenters. The second kappa shape index (κ2) is 8.88. The van der Waals surface area contributed by atoms with Crippen LogP contribution in [0.5, 0.6) is 11.5 Å². The number of fused-ring (bicyclic) bond motifs is 1. The number of hydrogen-bond acceptors (Lipinski definition) is 7. The smallest absolute Gasteiger partial charge is 0.301 e. The third-order valence-corrected chi connectivity index (χ3v) is 7.00. The van der Waals surface area contributed by atoms with Gasteiger partial charge in [0.1, 0.15) is 23.3 Å². The Morgan fingerprint density at radius 2 is 1.74 bits per heavy atom. The van der Waals surface area contributed by atoms with Crippen LogP contribution in [-0.4, -0.2) is 36.0 Å². The molecule has 1 atom stereocenters. The van der Waals surface area contributed by atoms with E-state index in [1.54, 1.807) is 55.6 Å². The maximum atomic E-state index is 13.4. The normalized spacial score (nSPS) is 17.2. The number of Topliss-reactive ketones (excluding diaryl/α,β-unsaturated/α-hetero) is 1. The molecular weight excluding hydrogens is 464 g/mol. The number of aliphatic hydroxyl groups excluding tert-OH is 1. The summed E-state index contributed by atoms with van der Waals surface area (Å²) in [6.45, 7) is 1.98. The summed E-state index contributed by atoms with van der Waals surface area (Å²) in [6, 6.07) is 18.7. The molecule has 1 amide bonds. The van der Waals surface area contributed by atoms with Crippen LogP contribution in [0, 0.1) is 6.92 Å². The molecule has 0 aliphatic carbocycles. The fourth-order valence-electron chi connectivity index (χ4n) is 4.24. The Balaban J connectivity index is 1.74. The van der Waals surface area contributed by atoms with Crippen LogP contribution in [0.25, 0.3) is 16.0 Å². The molecule has 1 aliphatic heterocycles. The SMILES string of the molecule is COc1ccc(C(O)=C2C(=O)C(=O)N(c3nc4ccc(C)cc4s3)C2c2ccccc2OC)cc1. The predicted molar refractivity (Wildman–Crippen MR) is 135 cm³/mol. The maximum Gasteiger partial charge on any atom is 0.301 e. The standard InChI is InChI=1S/C27H22N2O5S/c1-15-8-13-19-21(14-15)35-27(28-19)29-23(18-6-4-5-7-20(18)34-3)22(25(31)26(29)32)24(30)16-9-11-17(33-2)12-10-16/h4-14,23,30H,1-3H3. The fourth-order valence-corrected chi connectivity index (χ4v) is 5.33. The second-order valence-corrected chi connectivity index (χ2v) is 9.12. The molecular formula is C27H22N2O5S. The van der Waals surface area contributed by atoms with Gasteiger partial charge in [0.2, 0.25) is 0 Å². The average Bonchev–Trinajstić information content (AvgIpc) is 3.41. The van der Waals surface area contributed by atoms with Gasteiger partial charge in [-0.25, -0.2) is 4.98 Å². The Morgan fingerprint density at radius 1 is 1.00 bits per heavy atom. The molecule has 0 radical (unpaired) electrons. The lowest BCUT2D eigenvalue weighted by atomic mass is 9.94. The zero-order chi connectivity index (χ0) is 24.7. The molecule has 5 rings (SSSR count). The number of carbonyl (C=O) groups excluding carboxylic acids is 2. The van der Waals surface area contributed by atoms with Gasteiger partial charge in [-0.05, 0) is 55.0 Å². The molecule has 4 aromatic rings. The fraction of sp³-hybridized carbons (Fsp3) is 0.148. The first-order chi connectivity index (χ1) is 16.9. The number of ether oxygens (including phenoxy) is 2. The van der Waals surface area contributed by atoms with Gasteiger partial charge in [-0.1, -0.05) is 35.6 Å². The number of rotatable bonds is 5. The van der Waals surface area contributed by atoms with E-state index < -0.39 is 17.7 Å². The number of methoxy groups -OCH3 is 2. The molecule has 2 heterocycles. The van der Waals surface area contributed by atoms with Crippen molar-refractivity contribution < 1.29 is 24.2 Å². The zero-order valence-electron chi connectivity index (χ0n) is 19.3. The highest BCUT2D eigenvalue weighted by atomic mass is 32.1. The molecule has 3 aromatic carbocycles. The Morgan fingerprint density at radius 3 is 2.46 bits per heavy atom. The topological polar surface area (TPSA) is 89.0 Å². The number of thiazole rings is 1. The summed E-state index contributed by atoms with van der Waals surface area (Å²) in [5, 5.41) is 11.7. The summed E-state index contributed by atoms with van der Waals surface area (Å²) >= 11 is 1.32. The number of carbonyl (C=O) groups is 2. The Kier molecular flexibility index (Phi) is 5.74. The molecule has 1 saturated heterocycles. The first-order valence-corrected chi connectivity index (χ1v) is 11.7. The van der Waals surface area contributed by atoms with Crippen LogP contribution in [0.1, 0.15) is 22.7 Å². The highest BCUT2D eigenvalue weighted by Crippen LogP contribution is 2.46. The Hall–Kier alpha value is -4.17. The lowest BCUT2D eigenvalue weighted by molar-refractivity contribution is -0.132. The highest BCUT2D eigenvalue weighted by molar-refractivity contribution is 7.22. The van der Waals surface area contributed by atoms with Crippen molar-refractivity contribution >= 4 is 44.1 Å².